The molecule has 4 heteroatoms. The maximum absolute atomic E-state index is 11.2. The van der Waals surface area contributed by atoms with Gasteiger partial charge in [0.15, 0.2) is 0 Å². The summed E-state index contributed by atoms with van der Waals surface area (Å²) in [6.07, 6.45) is 0.351. The number of methoxy groups -OCH3 is 3. The van der Waals surface area contributed by atoms with Crippen molar-refractivity contribution in [2.45, 2.75) is 20.0 Å². The van der Waals surface area contributed by atoms with Gasteiger partial charge in [-0.3, -0.25) is 4.79 Å². The zero-order valence-electron chi connectivity index (χ0n) is 10.7. The first-order valence-corrected chi connectivity index (χ1v) is 5.34. The fourth-order valence-electron chi connectivity index (χ4n) is 1.71. The number of rotatable bonds is 6. The maximum atomic E-state index is 11.2. The van der Waals surface area contributed by atoms with E-state index in [1.165, 1.54) is 0 Å². The van der Waals surface area contributed by atoms with Crippen molar-refractivity contribution < 1.29 is 19.0 Å². The van der Waals surface area contributed by atoms with E-state index in [0.29, 0.717) is 24.5 Å². The highest BCUT2D eigenvalue weighted by molar-refractivity contribution is 5.79. The van der Waals surface area contributed by atoms with Crippen LogP contribution in [0.2, 0.25) is 0 Å². The Kier molecular flexibility index (Phi) is 4.97. The SMILES string of the molecule is COCc1cc(CC(C)=O)c(OC)cc1OC. The Morgan fingerprint density at radius 1 is 1.06 bits per heavy atom. The second-order valence-corrected chi connectivity index (χ2v) is 3.79. The van der Waals surface area contributed by atoms with Crippen LogP contribution in [0.4, 0.5) is 0 Å². The Hall–Kier alpha value is -1.55. The van der Waals surface area contributed by atoms with Crippen molar-refractivity contribution in [2.75, 3.05) is 21.3 Å². The third-order valence-corrected chi connectivity index (χ3v) is 2.42. The van der Waals surface area contributed by atoms with Gasteiger partial charge in [-0.05, 0) is 13.0 Å². The van der Waals surface area contributed by atoms with Gasteiger partial charge in [0, 0.05) is 30.7 Å². The molecule has 0 unspecified atom stereocenters. The van der Waals surface area contributed by atoms with Crippen LogP contribution in [0.1, 0.15) is 18.1 Å². The predicted molar refractivity (Wildman–Crippen MR) is 64.6 cm³/mol. The highest BCUT2D eigenvalue weighted by Crippen LogP contribution is 2.30. The number of benzene rings is 1. The third-order valence-electron chi connectivity index (χ3n) is 2.42. The topological polar surface area (TPSA) is 44.8 Å². The van der Waals surface area contributed by atoms with Gasteiger partial charge in [-0.15, -0.1) is 0 Å². The van der Waals surface area contributed by atoms with Gasteiger partial charge in [0.2, 0.25) is 0 Å². The molecule has 0 aromatic heterocycles. The van der Waals surface area contributed by atoms with Crippen molar-refractivity contribution in [1.29, 1.82) is 0 Å². The van der Waals surface area contributed by atoms with Crippen molar-refractivity contribution in [3.8, 4) is 11.5 Å². The average molecular weight is 238 g/mol. The molecule has 0 aliphatic rings. The Balaban J connectivity index is 3.18. The fraction of sp³-hybridized carbons (Fsp3) is 0.462. The Morgan fingerprint density at radius 3 is 2.12 bits per heavy atom. The number of carbonyl (C=O) groups excluding carboxylic acids is 1. The van der Waals surface area contributed by atoms with E-state index in [4.69, 9.17) is 14.2 Å². The van der Waals surface area contributed by atoms with Gasteiger partial charge >= 0.3 is 0 Å². The van der Waals surface area contributed by atoms with Crippen LogP contribution in [0.15, 0.2) is 12.1 Å². The summed E-state index contributed by atoms with van der Waals surface area (Å²) in [6, 6.07) is 3.68. The second-order valence-electron chi connectivity index (χ2n) is 3.79. The summed E-state index contributed by atoms with van der Waals surface area (Å²) in [5, 5.41) is 0. The minimum atomic E-state index is 0.0943. The molecule has 0 N–H and O–H groups in total. The predicted octanol–water partition coefficient (Wildman–Crippen LogP) is 1.98. The molecule has 94 valence electrons. The van der Waals surface area contributed by atoms with Crippen LogP contribution in [0, 0.1) is 0 Å². The zero-order valence-corrected chi connectivity index (χ0v) is 10.7. The van der Waals surface area contributed by atoms with Crippen LogP contribution < -0.4 is 9.47 Å². The van der Waals surface area contributed by atoms with Gasteiger partial charge in [-0.2, -0.15) is 0 Å². The van der Waals surface area contributed by atoms with Gasteiger partial charge in [0.05, 0.1) is 20.8 Å². The van der Waals surface area contributed by atoms with Crippen LogP contribution in [-0.4, -0.2) is 27.1 Å². The highest BCUT2D eigenvalue weighted by atomic mass is 16.5. The molecule has 4 nitrogen and oxygen atoms in total. The average Bonchev–Trinajstić information content (AvgIpc) is 2.29. The summed E-state index contributed by atoms with van der Waals surface area (Å²) in [7, 11) is 4.79. The molecular formula is C13H18O4. The summed E-state index contributed by atoms with van der Waals surface area (Å²) in [5.74, 6) is 1.46. The van der Waals surface area contributed by atoms with Crippen LogP contribution in [0.25, 0.3) is 0 Å². The minimum absolute atomic E-state index is 0.0943. The molecule has 0 spiro atoms. The van der Waals surface area contributed by atoms with Crippen molar-refractivity contribution in [3.05, 3.63) is 23.3 Å². The van der Waals surface area contributed by atoms with E-state index < -0.39 is 0 Å². The van der Waals surface area contributed by atoms with E-state index in [0.717, 1.165) is 11.1 Å². The van der Waals surface area contributed by atoms with Crippen LogP contribution in [0.5, 0.6) is 11.5 Å². The molecule has 0 aliphatic heterocycles. The smallest absolute Gasteiger partial charge is 0.134 e. The van der Waals surface area contributed by atoms with E-state index in [2.05, 4.69) is 0 Å². The Labute approximate surface area is 101 Å². The van der Waals surface area contributed by atoms with Gasteiger partial charge in [0.25, 0.3) is 0 Å². The lowest BCUT2D eigenvalue weighted by molar-refractivity contribution is -0.116. The molecule has 1 aromatic carbocycles. The van der Waals surface area contributed by atoms with E-state index in [1.807, 2.05) is 6.07 Å². The largest absolute Gasteiger partial charge is 0.496 e. The third kappa shape index (κ3) is 3.46. The molecule has 1 aromatic rings. The summed E-state index contributed by atoms with van der Waals surface area (Å²) in [6.45, 7) is 2.00. The molecule has 0 saturated carbocycles. The first-order chi connectivity index (χ1) is 8.12. The van der Waals surface area contributed by atoms with Crippen LogP contribution in [0.3, 0.4) is 0 Å². The van der Waals surface area contributed by atoms with E-state index in [1.54, 1.807) is 34.3 Å². The highest BCUT2D eigenvalue weighted by Gasteiger charge is 2.12. The van der Waals surface area contributed by atoms with Gasteiger partial charge in [-0.25, -0.2) is 0 Å². The Morgan fingerprint density at radius 2 is 1.65 bits per heavy atom. The molecule has 0 amide bonds. The monoisotopic (exact) mass is 238 g/mol. The normalized spacial score (nSPS) is 10.1. The quantitative estimate of drug-likeness (QED) is 0.760. The molecule has 0 atom stereocenters. The summed E-state index contributed by atoms with van der Waals surface area (Å²) in [5.41, 5.74) is 1.76. The number of Topliss-reactive ketones (excluding diaryl/α,β-unsaturated/α-hetero) is 1. The zero-order chi connectivity index (χ0) is 12.8. The molecule has 0 fully saturated rings. The number of hydrogen-bond donors (Lipinski definition) is 0. The number of ketones is 1. The molecule has 0 bridgehead atoms. The van der Waals surface area contributed by atoms with Crippen LogP contribution in [-0.2, 0) is 22.6 Å². The standard InChI is InChI=1S/C13H18O4/c1-9(14)5-10-6-11(8-15-2)13(17-4)7-12(10)16-3/h6-7H,5,8H2,1-4H3. The van der Waals surface area contributed by atoms with Gasteiger partial charge in [0.1, 0.15) is 17.3 Å². The first kappa shape index (κ1) is 13.5. The summed E-state index contributed by atoms with van der Waals surface area (Å²) >= 11 is 0. The molecule has 0 heterocycles. The number of ether oxygens (including phenoxy) is 3. The summed E-state index contributed by atoms with van der Waals surface area (Å²) in [4.78, 5) is 11.2. The summed E-state index contributed by atoms with van der Waals surface area (Å²) < 4.78 is 15.6. The molecule has 0 aliphatic carbocycles. The number of hydrogen-bond acceptors (Lipinski definition) is 4. The minimum Gasteiger partial charge on any atom is -0.496 e. The van der Waals surface area contributed by atoms with Crippen molar-refractivity contribution in [3.63, 3.8) is 0 Å². The molecule has 17 heavy (non-hydrogen) atoms. The molecule has 0 saturated heterocycles. The Bertz CT molecular complexity index is 399. The van der Waals surface area contributed by atoms with Crippen molar-refractivity contribution in [1.82, 2.24) is 0 Å². The lowest BCUT2D eigenvalue weighted by atomic mass is 10.0. The fourth-order valence-corrected chi connectivity index (χ4v) is 1.71. The van der Waals surface area contributed by atoms with Crippen molar-refractivity contribution in [2.24, 2.45) is 0 Å². The second kappa shape index (κ2) is 6.25. The molecular weight excluding hydrogens is 220 g/mol. The van der Waals surface area contributed by atoms with Crippen molar-refractivity contribution >= 4 is 5.78 Å². The van der Waals surface area contributed by atoms with Gasteiger partial charge in [-0.1, -0.05) is 0 Å². The number of carbonyl (C=O) groups is 1. The first-order valence-electron chi connectivity index (χ1n) is 5.34. The van der Waals surface area contributed by atoms with E-state index in [-0.39, 0.29) is 5.78 Å². The lowest BCUT2D eigenvalue weighted by Crippen LogP contribution is -2.03. The maximum Gasteiger partial charge on any atom is 0.134 e. The lowest BCUT2D eigenvalue weighted by Gasteiger charge is -2.13. The van der Waals surface area contributed by atoms with Crippen LogP contribution >= 0.6 is 0 Å². The molecule has 1 rings (SSSR count). The van der Waals surface area contributed by atoms with E-state index >= 15 is 0 Å². The van der Waals surface area contributed by atoms with Gasteiger partial charge < -0.3 is 14.2 Å². The molecule has 0 radical (unpaired) electrons. The van der Waals surface area contributed by atoms with E-state index in [9.17, 15) is 4.79 Å².